The summed E-state index contributed by atoms with van der Waals surface area (Å²) in [5.41, 5.74) is 2.31. The fraction of sp³-hybridized carbons (Fsp3) is 0.391. The first-order chi connectivity index (χ1) is 14.7. The number of piperazine rings is 1. The highest BCUT2D eigenvalue weighted by atomic mass is 32.1. The Morgan fingerprint density at radius 3 is 2.33 bits per heavy atom. The van der Waals surface area contributed by atoms with E-state index in [0.717, 1.165) is 18.0 Å². The van der Waals surface area contributed by atoms with Crippen LogP contribution < -0.4 is 4.90 Å². The number of carbonyl (C=O) groups excluding carboxylic acids is 2. The van der Waals surface area contributed by atoms with Crippen LogP contribution in [0.2, 0.25) is 0 Å². The zero-order chi connectivity index (χ0) is 20.9. The lowest BCUT2D eigenvalue weighted by atomic mass is 10.1. The van der Waals surface area contributed by atoms with Gasteiger partial charge in [-0.3, -0.25) is 14.5 Å². The molecule has 0 radical (unpaired) electrons. The Morgan fingerprint density at radius 2 is 1.67 bits per heavy atom. The van der Waals surface area contributed by atoms with E-state index in [2.05, 4.69) is 21.9 Å². The van der Waals surface area contributed by atoms with Gasteiger partial charge in [-0.25, -0.2) is 0 Å². The number of rotatable bonds is 8. The van der Waals surface area contributed by atoms with Crippen LogP contribution in [0.5, 0.6) is 0 Å². The highest BCUT2D eigenvalue weighted by Gasteiger charge is 2.42. The van der Waals surface area contributed by atoms with Crippen molar-refractivity contribution >= 4 is 34.4 Å². The Bertz CT molecular complexity index is 903. The van der Waals surface area contributed by atoms with Crippen molar-refractivity contribution in [2.24, 2.45) is 0 Å². The molecule has 2 aliphatic rings. The monoisotopic (exact) mass is 425 g/mol. The van der Waals surface area contributed by atoms with Gasteiger partial charge in [0.2, 0.25) is 0 Å². The number of ether oxygens (including phenoxy) is 1. The van der Waals surface area contributed by atoms with E-state index in [9.17, 15) is 9.59 Å². The largest absolute Gasteiger partial charge is 0.382 e. The van der Waals surface area contributed by atoms with Crippen molar-refractivity contribution in [3.05, 3.63) is 58.4 Å². The molecule has 30 heavy (non-hydrogen) atoms. The average Bonchev–Trinajstić information content (AvgIpc) is 3.39. The smallest absolute Gasteiger partial charge is 0.277 e. The molecule has 0 spiro atoms. The number of hydrogen-bond donors (Lipinski definition) is 0. The molecule has 2 aromatic rings. The van der Waals surface area contributed by atoms with E-state index in [-0.39, 0.29) is 11.8 Å². The third-order valence-corrected chi connectivity index (χ3v) is 6.39. The minimum absolute atomic E-state index is 0.173. The quantitative estimate of drug-likeness (QED) is 0.481. The normalized spacial score (nSPS) is 17.4. The summed E-state index contributed by atoms with van der Waals surface area (Å²) in [4.78, 5) is 33.2. The fourth-order valence-corrected chi connectivity index (χ4v) is 4.76. The van der Waals surface area contributed by atoms with E-state index >= 15 is 0 Å². The minimum Gasteiger partial charge on any atom is -0.382 e. The lowest BCUT2D eigenvalue weighted by molar-refractivity contribution is -0.137. The molecule has 1 fully saturated rings. The Balaban J connectivity index is 1.53. The molecule has 1 aromatic heterocycles. The van der Waals surface area contributed by atoms with Crippen LogP contribution in [0.4, 0.5) is 5.69 Å². The van der Waals surface area contributed by atoms with Crippen LogP contribution in [-0.2, 0) is 14.3 Å². The predicted molar refractivity (Wildman–Crippen MR) is 119 cm³/mol. The van der Waals surface area contributed by atoms with E-state index in [1.54, 1.807) is 0 Å². The summed E-state index contributed by atoms with van der Waals surface area (Å²) in [6.45, 7) is 6.57. The maximum Gasteiger partial charge on any atom is 0.277 e. The Morgan fingerprint density at radius 1 is 0.933 bits per heavy atom. The molecule has 7 heteroatoms. The molecule has 4 rings (SSSR count). The van der Waals surface area contributed by atoms with E-state index in [1.165, 1.54) is 21.9 Å². The highest BCUT2D eigenvalue weighted by Crippen LogP contribution is 2.34. The molecular weight excluding hydrogens is 398 g/mol. The average molecular weight is 426 g/mol. The van der Waals surface area contributed by atoms with Crippen LogP contribution in [0.3, 0.4) is 0 Å². The number of carbonyl (C=O) groups is 2. The van der Waals surface area contributed by atoms with E-state index in [0.29, 0.717) is 50.5 Å². The summed E-state index contributed by atoms with van der Waals surface area (Å²) in [5, 5.41) is 1.95. The molecule has 2 aliphatic heterocycles. The van der Waals surface area contributed by atoms with Gasteiger partial charge in [0, 0.05) is 56.5 Å². The van der Waals surface area contributed by atoms with Gasteiger partial charge in [-0.05, 0) is 36.9 Å². The van der Waals surface area contributed by atoms with E-state index in [4.69, 9.17) is 4.74 Å². The van der Waals surface area contributed by atoms with Gasteiger partial charge in [0.25, 0.3) is 11.8 Å². The molecule has 0 unspecified atom stereocenters. The number of benzene rings is 1. The highest BCUT2D eigenvalue weighted by molar-refractivity contribution is 7.11. The van der Waals surface area contributed by atoms with Gasteiger partial charge in [0.1, 0.15) is 5.70 Å². The predicted octanol–water partition coefficient (Wildman–Crippen LogP) is 3.08. The molecule has 0 aliphatic carbocycles. The second kappa shape index (κ2) is 9.45. The van der Waals surface area contributed by atoms with Crippen molar-refractivity contribution in [1.82, 2.24) is 9.80 Å². The first-order valence-corrected chi connectivity index (χ1v) is 11.4. The van der Waals surface area contributed by atoms with Gasteiger partial charge >= 0.3 is 0 Å². The van der Waals surface area contributed by atoms with Gasteiger partial charge < -0.3 is 14.5 Å². The molecule has 6 nitrogen and oxygen atoms in total. The van der Waals surface area contributed by atoms with Crippen LogP contribution in [0, 0.1) is 0 Å². The van der Waals surface area contributed by atoms with Crippen molar-refractivity contribution in [2.45, 2.75) is 13.3 Å². The van der Waals surface area contributed by atoms with Gasteiger partial charge in [-0.2, -0.15) is 0 Å². The SMILES string of the molecule is CCOCCCN1C(=O)C(c2cccs2)=C(N2CCN(c3ccccc3)CC2)C1=O. The molecule has 0 N–H and O–H groups in total. The van der Waals surface area contributed by atoms with Crippen molar-refractivity contribution in [3.8, 4) is 0 Å². The van der Waals surface area contributed by atoms with Crippen LogP contribution in [-0.4, -0.2) is 67.6 Å². The molecule has 1 aromatic carbocycles. The van der Waals surface area contributed by atoms with Crippen molar-refractivity contribution in [3.63, 3.8) is 0 Å². The van der Waals surface area contributed by atoms with Gasteiger partial charge in [0.05, 0.1) is 5.57 Å². The molecule has 0 bridgehead atoms. The second-order valence-electron chi connectivity index (χ2n) is 7.32. The topological polar surface area (TPSA) is 53.1 Å². The summed E-state index contributed by atoms with van der Waals surface area (Å²) in [6, 6.07) is 14.2. The lowest BCUT2D eigenvalue weighted by Gasteiger charge is -2.37. The molecule has 0 saturated carbocycles. The third kappa shape index (κ3) is 4.13. The number of hydrogen-bond acceptors (Lipinski definition) is 6. The molecule has 0 atom stereocenters. The van der Waals surface area contributed by atoms with Crippen molar-refractivity contribution in [1.29, 1.82) is 0 Å². The van der Waals surface area contributed by atoms with Crippen LogP contribution in [0.1, 0.15) is 18.2 Å². The molecular formula is C23H27N3O3S. The first-order valence-electron chi connectivity index (χ1n) is 10.5. The number of para-hydroxylation sites is 1. The fourth-order valence-electron chi connectivity index (χ4n) is 4.00. The third-order valence-electron chi connectivity index (χ3n) is 5.50. The molecule has 3 heterocycles. The molecule has 1 saturated heterocycles. The van der Waals surface area contributed by atoms with E-state index < -0.39 is 0 Å². The summed E-state index contributed by atoms with van der Waals surface area (Å²) in [7, 11) is 0. The Hall–Kier alpha value is -2.64. The summed E-state index contributed by atoms with van der Waals surface area (Å²) in [6.07, 6.45) is 0.651. The van der Waals surface area contributed by atoms with Crippen molar-refractivity contribution in [2.75, 3.05) is 50.8 Å². The zero-order valence-corrected chi connectivity index (χ0v) is 18.1. The van der Waals surface area contributed by atoms with Gasteiger partial charge in [-0.15, -0.1) is 11.3 Å². The lowest BCUT2D eigenvalue weighted by Crippen LogP contribution is -2.47. The number of imide groups is 1. The van der Waals surface area contributed by atoms with Gasteiger partial charge in [0.15, 0.2) is 0 Å². The minimum atomic E-state index is -0.181. The number of amides is 2. The second-order valence-corrected chi connectivity index (χ2v) is 8.27. The number of thiophene rings is 1. The molecule has 158 valence electrons. The summed E-state index contributed by atoms with van der Waals surface area (Å²) in [5.74, 6) is -0.354. The van der Waals surface area contributed by atoms with Crippen molar-refractivity contribution < 1.29 is 14.3 Å². The standard InChI is InChI=1S/C23H27N3O3S/c1-2-29-16-7-11-26-22(27)20(19-10-6-17-30-19)21(23(26)28)25-14-12-24(13-15-25)18-8-4-3-5-9-18/h3-6,8-10,17H,2,7,11-16H2,1H3. The maximum atomic E-state index is 13.3. The number of nitrogens with zero attached hydrogens (tertiary/aromatic N) is 3. The Kier molecular flexibility index (Phi) is 6.50. The van der Waals surface area contributed by atoms with Crippen LogP contribution in [0.25, 0.3) is 5.57 Å². The zero-order valence-electron chi connectivity index (χ0n) is 17.3. The number of anilines is 1. The van der Waals surface area contributed by atoms with Crippen LogP contribution >= 0.6 is 11.3 Å². The van der Waals surface area contributed by atoms with E-state index in [1.807, 2.05) is 42.6 Å². The van der Waals surface area contributed by atoms with Gasteiger partial charge in [-0.1, -0.05) is 24.3 Å². The Labute approximate surface area is 181 Å². The summed E-state index contributed by atoms with van der Waals surface area (Å²) >= 11 is 1.51. The summed E-state index contributed by atoms with van der Waals surface area (Å²) < 4.78 is 5.38. The first kappa shape index (κ1) is 20.6. The maximum absolute atomic E-state index is 13.3. The van der Waals surface area contributed by atoms with Crippen LogP contribution in [0.15, 0.2) is 53.5 Å². The molecule has 2 amide bonds.